The molecule has 0 saturated heterocycles. The van der Waals surface area contributed by atoms with Gasteiger partial charge in [0.2, 0.25) is 0 Å². The number of nitrogens with zero attached hydrogens (tertiary/aromatic N) is 4. The minimum Gasteiger partial charge on any atom is -0.286 e. The lowest BCUT2D eigenvalue weighted by molar-refractivity contribution is 0.934. The molecule has 20 heavy (non-hydrogen) atoms. The first kappa shape index (κ1) is 12.9. The third-order valence-electron chi connectivity index (χ3n) is 2.96. The van der Waals surface area contributed by atoms with E-state index in [-0.39, 0.29) is 0 Å². The highest BCUT2D eigenvalue weighted by atomic mass is 35.5. The minimum absolute atomic E-state index is 0.518. The van der Waals surface area contributed by atoms with Gasteiger partial charge in [0.25, 0.3) is 0 Å². The molecule has 0 aliphatic carbocycles. The molecule has 3 aromatic rings. The third-order valence-corrected chi connectivity index (χ3v) is 3.69. The van der Waals surface area contributed by atoms with Crippen LogP contribution in [0.15, 0.2) is 36.5 Å². The van der Waals surface area contributed by atoms with Gasteiger partial charge in [-0.2, -0.15) is 5.26 Å². The number of nitriles is 1. The normalized spacial score (nSPS) is 10.7. The lowest BCUT2D eigenvalue weighted by Crippen LogP contribution is -1.96. The number of pyridine rings is 1. The highest BCUT2D eigenvalue weighted by Crippen LogP contribution is 2.23. The van der Waals surface area contributed by atoms with Crippen molar-refractivity contribution in [3.8, 4) is 6.07 Å². The largest absolute Gasteiger partial charge is 0.286 e. The Bertz CT molecular complexity index is 833. The molecule has 0 bridgehead atoms. The Kier molecular flexibility index (Phi) is 3.31. The highest BCUT2D eigenvalue weighted by Gasteiger charge is 2.08. The molecular weight excluding hydrogens is 295 g/mol. The Hall–Kier alpha value is -2.09. The molecule has 1 aromatic carbocycles. The molecule has 3 rings (SSSR count). The van der Waals surface area contributed by atoms with Crippen LogP contribution in [0.25, 0.3) is 5.65 Å². The van der Waals surface area contributed by atoms with E-state index in [1.165, 1.54) is 0 Å². The lowest BCUT2D eigenvalue weighted by atomic mass is 10.1. The second-order valence-corrected chi connectivity index (χ2v) is 5.11. The van der Waals surface area contributed by atoms with E-state index in [1.807, 2.05) is 16.5 Å². The number of aromatic nitrogens is 3. The van der Waals surface area contributed by atoms with Gasteiger partial charge in [-0.25, -0.2) is 0 Å². The van der Waals surface area contributed by atoms with Gasteiger partial charge in [-0.15, -0.1) is 10.2 Å². The van der Waals surface area contributed by atoms with Crippen molar-refractivity contribution in [2.45, 2.75) is 6.42 Å². The van der Waals surface area contributed by atoms with Gasteiger partial charge < -0.3 is 0 Å². The summed E-state index contributed by atoms with van der Waals surface area (Å²) < 4.78 is 1.85. The van der Waals surface area contributed by atoms with Crippen molar-refractivity contribution in [2.24, 2.45) is 0 Å². The molecule has 0 fully saturated rings. The Labute approximate surface area is 125 Å². The Morgan fingerprint density at radius 1 is 1.10 bits per heavy atom. The van der Waals surface area contributed by atoms with Gasteiger partial charge in [-0.1, -0.05) is 29.3 Å². The summed E-state index contributed by atoms with van der Waals surface area (Å²) in [6, 6.07) is 11.0. The lowest BCUT2D eigenvalue weighted by Gasteiger charge is -2.02. The van der Waals surface area contributed by atoms with Crippen molar-refractivity contribution in [1.29, 1.82) is 5.26 Å². The first-order valence-corrected chi connectivity index (χ1v) is 6.60. The van der Waals surface area contributed by atoms with E-state index in [0.717, 1.165) is 11.4 Å². The van der Waals surface area contributed by atoms with E-state index in [9.17, 15) is 0 Å². The molecule has 2 aromatic heterocycles. The molecule has 0 radical (unpaired) electrons. The number of hydrogen-bond donors (Lipinski definition) is 0. The van der Waals surface area contributed by atoms with Crippen molar-refractivity contribution in [1.82, 2.24) is 14.6 Å². The van der Waals surface area contributed by atoms with E-state index < -0.39 is 0 Å². The zero-order chi connectivity index (χ0) is 14.1. The molecule has 98 valence electrons. The molecule has 0 unspecified atom stereocenters. The predicted octanol–water partition coefficient (Wildman–Crippen LogP) is 3.50. The van der Waals surface area contributed by atoms with Gasteiger partial charge in [-0.05, 0) is 23.8 Å². The van der Waals surface area contributed by atoms with Crippen molar-refractivity contribution in [3.05, 3.63) is 63.5 Å². The molecule has 0 saturated carbocycles. The summed E-state index contributed by atoms with van der Waals surface area (Å²) >= 11 is 11.9. The summed E-state index contributed by atoms with van der Waals surface area (Å²) in [5.41, 5.74) is 2.21. The number of rotatable bonds is 2. The standard InChI is InChI=1S/C14H8Cl2N4/c15-11-2-1-9(5-12(11)16)6-13-18-19-14-7-10(8-17)3-4-20(13)14/h1-5,7H,6H2. The Morgan fingerprint density at radius 2 is 1.95 bits per heavy atom. The molecule has 0 N–H and O–H groups in total. The van der Waals surface area contributed by atoms with E-state index in [4.69, 9.17) is 28.5 Å². The summed E-state index contributed by atoms with van der Waals surface area (Å²) in [5, 5.41) is 18.1. The average Bonchev–Trinajstić information content (AvgIpc) is 2.85. The maximum absolute atomic E-state index is 8.86. The van der Waals surface area contributed by atoms with Crippen LogP contribution in [-0.2, 0) is 6.42 Å². The van der Waals surface area contributed by atoms with Crippen LogP contribution in [0.2, 0.25) is 10.0 Å². The van der Waals surface area contributed by atoms with Crippen molar-refractivity contribution in [2.75, 3.05) is 0 Å². The van der Waals surface area contributed by atoms with E-state index in [0.29, 0.717) is 27.7 Å². The highest BCUT2D eigenvalue weighted by molar-refractivity contribution is 6.42. The van der Waals surface area contributed by atoms with Gasteiger partial charge in [0.1, 0.15) is 5.82 Å². The van der Waals surface area contributed by atoms with Gasteiger partial charge in [0.05, 0.1) is 21.7 Å². The molecule has 0 atom stereocenters. The minimum atomic E-state index is 0.518. The van der Waals surface area contributed by atoms with Crippen LogP contribution in [0.5, 0.6) is 0 Å². The maximum atomic E-state index is 8.86. The molecule has 4 nitrogen and oxygen atoms in total. The SMILES string of the molecule is N#Cc1ccn2c(Cc3ccc(Cl)c(Cl)c3)nnc2c1. The van der Waals surface area contributed by atoms with E-state index in [2.05, 4.69) is 16.3 Å². The van der Waals surface area contributed by atoms with Gasteiger partial charge in [0, 0.05) is 18.7 Å². The topological polar surface area (TPSA) is 54.0 Å². The van der Waals surface area contributed by atoms with Crippen LogP contribution in [0.1, 0.15) is 17.0 Å². The monoisotopic (exact) mass is 302 g/mol. The first-order chi connectivity index (χ1) is 9.67. The van der Waals surface area contributed by atoms with Crippen LogP contribution in [0.4, 0.5) is 0 Å². The van der Waals surface area contributed by atoms with Crippen LogP contribution in [0, 0.1) is 11.3 Å². The molecule has 0 aliphatic heterocycles. The Morgan fingerprint density at radius 3 is 2.70 bits per heavy atom. The second-order valence-electron chi connectivity index (χ2n) is 4.30. The number of fused-ring (bicyclic) bond motifs is 1. The predicted molar refractivity (Wildman–Crippen MR) is 77.0 cm³/mol. The van der Waals surface area contributed by atoms with Crippen LogP contribution < -0.4 is 0 Å². The van der Waals surface area contributed by atoms with Crippen molar-refractivity contribution in [3.63, 3.8) is 0 Å². The number of halogens is 2. The Balaban J connectivity index is 1.98. The molecule has 0 amide bonds. The molecule has 0 spiro atoms. The van der Waals surface area contributed by atoms with Gasteiger partial charge in [0.15, 0.2) is 5.65 Å². The zero-order valence-electron chi connectivity index (χ0n) is 10.2. The summed E-state index contributed by atoms with van der Waals surface area (Å²) in [5.74, 6) is 0.780. The number of benzene rings is 1. The molecular formula is C14H8Cl2N4. The van der Waals surface area contributed by atoms with E-state index >= 15 is 0 Å². The smallest absolute Gasteiger partial charge is 0.162 e. The second kappa shape index (κ2) is 5.12. The molecule has 0 aliphatic rings. The van der Waals surface area contributed by atoms with Crippen molar-refractivity contribution >= 4 is 28.8 Å². The number of hydrogen-bond acceptors (Lipinski definition) is 3. The van der Waals surface area contributed by atoms with Gasteiger partial charge >= 0.3 is 0 Å². The molecule has 6 heteroatoms. The summed E-state index contributed by atoms with van der Waals surface area (Å²) in [6.45, 7) is 0. The summed E-state index contributed by atoms with van der Waals surface area (Å²) in [7, 11) is 0. The van der Waals surface area contributed by atoms with E-state index in [1.54, 1.807) is 24.4 Å². The molecule has 2 heterocycles. The fraction of sp³-hybridized carbons (Fsp3) is 0.0714. The van der Waals surface area contributed by atoms with Crippen molar-refractivity contribution < 1.29 is 0 Å². The first-order valence-electron chi connectivity index (χ1n) is 5.85. The average molecular weight is 303 g/mol. The maximum Gasteiger partial charge on any atom is 0.162 e. The quantitative estimate of drug-likeness (QED) is 0.728. The summed E-state index contributed by atoms with van der Waals surface area (Å²) in [6.07, 6.45) is 2.38. The summed E-state index contributed by atoms with van der Waals surface area (Å²) in [4.78, 5) is 0. The fourth-order valence-electron chi connectivity index (χ4n) is 1.96. The fourth-order valence-corrected chi connectivity index (χ4v) is 2.28. The van der Waals surface area contributed by atoms with Crippen LogP contribution in [0.3, 0.4) is 0 Å². The van der Waals surface area contributed by atoms with Gasteiger partial charge in [-0.3, -0.25) is 4.40 Å². The zero-order valence-corrected chi connectivity index (χ0v) is 11.7. The third kappa shape index (κ3) is 2.34. The van der Waals surface area contributed by atoms with Crippen LogP contribution in [-0.4, -0.2) is 14.6 Å². The van der Waals surface area contributed by atoms with Crippen LogP contribution >= 0.6 is 23.2 Å².